The van der Waals surface area contributed by atoms with Crippen LogP contribution in [-0.2, 0) is 0 Å². The SMILES string of the molecule is CCSc1ccc(C(=O)c2c(OC)cnn2C(C)C)cc1. The molecule has 0 aliphatic carbocycles. The molecule has 0 N–H and O–H groups in total. The van der Waals surface area contributed by atoms with Crippen molar-refractivity contribution in [3.8, 4) is 5.75 Å². The molecule has 1 aromatic carbocycles. The number of hydrogen-bond acceptors (Lipinski definition) is 4. The molecule has 0 radical (unpaired) electrons. The molecule has 0 atom stereocenters. The van der Waals surface area contributed by atoms with Crippen LogP contribution < -0.4 is 4.74 Å². The number of hydrogen-bond donors (Lipinski definition) is 0. The van der Waals surface area contributed by atoms with Crippen LogP contribution in [0.3, 0.4) is 0 Å². The average Bonchev–Trinajstić information content (AvgIpc) is 2.91. The summed E-state index contributed by atoms with van der Waals surface area (Å²) in [7, 11) is 1.56. The molecule has 4 nitrogen and oxygen atoms in total. The molecule has 0 saturated heterocycles. The lowest BCUT2D eigenvalue weighted by atomic mass is 10.1. The van der Waals surface area contributed by atoms with Crippen molar-refractivity contribution in [1.29, 1.82) is 0 Å². The molecule has 2 aromatic rings. The normalized spacial score (nSPS) is 10.9. The summed E-state index contributed by atoms with van der Waals surface area (Å²) in [5, 5.41) is 4.25. The Labute approximate surface area is 129 Å². The Hall–Kier alpha value is -1.75. The van der Waals surface area contributed by atoms with Gasteiger partial charge in [-0.1, -0.05) is 6.92 Å². The molecule has 0 saturated carbocycles. The highest BCUT2D eigenvalue weighted by Gasteiger charge is 2.22. The minimum absolute atomic E-state index is 0.0638. The molecule has 21 heavy (non-hydrogen) atoms. The second kappa shape index (κ2) is 6.80. The zero-order chi connectivity index (χ0) is 15.4. The van der Waals surface area contributed by atoms with Gasteiger partial charge in [0, 0.05) is 16.5 Å². The molecule has 0 aliphatic rings. The quantitative estimate of drug-likeness (QED) is 0.601. The molecular weight excluding hydrogens is 284 g/mol. The van der Waals surface area contributed by atoms with Crippen molar-refractivity contribution in [1.82, 2.24) is 9.78 Å². The topological polar surface area (TPSA) is 44.1 Å². The van der Waals surface area contributed by atoms with E-state index < -0.39 is 0 Å². The summed E-state index contributed by atoms with van der Waals surface area (Å²) in [6, 6.07) is 7.77. The highest BCUT2D eigenvalue weighted by atomic mass is 32.2. The van der Waals surface area contributed by atoms with E-state index in [1.54, 1.807) is 29.8 Å². The third kappa shape index (κ3) is 3.29. The molecule has 1 aromatic heterocycles. The number of thioether (sulfide) groups is 1. The second-order valence-corrected chi connectivity index (χ2v) is 6.22. The van der Waals surface area contributed by atoms with Gasteiger partial charge in [0.15, 0.2) is 11.4 Å². The summed E-state index contributed by atoms with van der Waals surface area (Å²) in [6.07, 6.45) is 1.59. The minimum Gasteiger partial charge on any atom is -0.493 e. The van der Waals surface area contributed by atoms with Crippen LogP contribution in [-0.4, -0.2) is 28.4 Å². The van der Waals surface area contributed by atoms with Gasteiger partial charge in [0.05, 0.1) is 13.3 Å². The van der Waals surface area contributed by atoms with E-state index in [4.69, 9.17) is 4.74 Å². The fourth-order valence-electron chi connectivity index (χ4n) is 2.11. The van der Waals surface area contributed by atoms with Gasteiger partial charge in [0.2, 0.25) is 5.78 Å². The molecule has 0 spiro atoms. The molecule has 0 unspecified atom stereocenters. The number of methoxy groups -OCH3 is 1. The molecule has 0 bridgehead atoms. The molecule has 0 amide bonds. The van der Waals surface area contributed by atoms with Gasteiger partial charge in [-0.05, 0) is 43.9 Å². The van der Waals surface area contributed by atoms with Crippen LogP contribution in [0.5, 0.6) is 5.75 Å². The average molecular weight is 304 g/mol. The van der Waals surface area contributed by atoms with Crippen LogP contribution in [0, 0.1) is 0 Å². The van der Waals surface area contributed by atoms with Crippen molar-refractivity contribution in [2.75, 3.05) is 12.9 Å². The lowest BCUT2D eigenvalue weighted by Crippen LogP contribution is -2.14. The van der Waals surface area contributed by atoms with E-state index in [9.17, 15) is 4.79 Å². The van der Waals surface area contributed by atoms with E-state index in [-0.39, 0.29) is 11.8 Å². The first kappa shape index (κ1) is 15.6. The summed E-state index contributed by atoms with van der Waals surface area (Å²) in [4.78, 5) is 13.9. The Bertz CT molecular complexity index is 618. The Morgan fingerprint density at radius 1 is 1.33 bits per heavy atom. The number of ether oxygens (including phenoxy) is 1. The van der Waals surface area contributed by atoms with Gasteiger partial charge in [-0.2, -0.15) is 5.10 Å². The molecule has 112 valence electrons. The van der Waals surface area contributed by atoms with Gasteiger partial charge in [-0.15, -0.1) is 11.8 Å². The fourth-order valence-corrected chi connectivity index (χ4v) is 2.77. The number of rotatable bonds is 6. The van der Waals surface area contributed by atoms with Crippen molar-refractivity contribution in [2.24, 2.45) is 0 Å². The smallest absolute Gasteiger partial charge is 0.214 e. The number of nitrogens with zero attached hydrogens (tertiary/aromatic N) is 2. The first-order valence-corrected chi connectivity index (χ1v) is 7.96. The molecule has 2 rings (SSSR count). The zero-order valence-electron chi connectivity index (χ0n) is 12.8. The molecular formula is C16H20N2O2S. The summed E-state index contributed by atoms with van der Waals surface area (Å²) in [5.41, 5.74) is 1.15. The van der Waals surface area contributed by atoms with Crippen molar-refractivity contribution >= 4 is 17.5 Å². The maximum Gasteiger partial charge on any atom is 0.214 e. The van der Waals surface area contributed by atoms with Crippen LogP contribution >= 0.6 is 11.8 Å². The lowest BCUT2D eigenvalue weighted by molar-refractivity contribution is 0.102. The Balaban J connectivity index is 2.37. The first-order valence-electron chi connectivity index (χ1n) is 6.97. The maximum absolute atomic E-state index is 12.7. The van der Waals surface area contributed by atoms with Crippen LogP contribution in [0.2, 0.25) is 0 Å². The highest BCUT2D eigenvalue weighted by molar-refractivity contribution is 7.99. The summed E-state index contributed by atoms with van der Waals surface area (Å²) in [5.74, 6) is 1.47. The van der Waals surface area contributed by atoms with Gasteiger partial charge in [0.25, 0.3) is 0 Å². The number of ketones is 1. The summed E-state index contributed by atoms with van der Waals surface area (Å²) in [6.45, 7) is 6.09. The van der Waals surface area contributed by atoms with Crippen molar-refractivity contribution in [3.63, 3.8) is 0 Å². The predicted molar refractivity (Wildman–Crippen MR) is 85.4 cm³/mol. The number of carbonyl (C=O) groups is 1. The highest BCUT2D eigenvalue weighted by Crippen LogP contribution is 2.25. The largest absolute Gasteiger partial charge is 0.493 e. The van der Waals surface area contributed by atoms with Gasteiger partial charge >= 0.3 is 0 Å². The van der Waals surface area contributed by atoms with E-state index in [0.717, 1.165) is 5.75 Å². The minimum atomic E-state index is -0.0638. The summed E-state index contributed by atoms with van der Waals surface area (Å²) >= 11 is 1.76. The fraction of sp³-hybridized carbons (Fsp3) is 0.375. The number of benzene rings is 1. The van der Waals surface area contributed by atoms with Gasteiger partial charge in [0.1, 0.15) is 0 Å². The van der Waals surface area contributed by atoms with E-state index in [1.807, 2.05) is 38.1 Å². The first-order chi connectivity index (χ1) is 10.1. The van der Waals surface area contributed by atoms with Gasteiger partial charge in [-0.25, -0.2) is 0 Å². The van der Waals surface area contributed by atoms with E-state index in [0.29, 0.717) is 17.0 Å². The van der Waals surface area contributed by atoms with Gasteiger partial charge in [-0.3, -0.25) is 9.48 Å². The van der Waals surface area contributed by atoms with Crippen LogP contribution in [0.15, 0.2) is 35.4 Å². The Kier molecular flexibility index (Phi) is 5.07. The third-order valence-electron chi connectivity index (χ3n) is 3.11. The molecule has 0 aliphatic heterocycles. The third-order valence-corrected chi connectivity index (χ3v) is 4.01. The predicted octanol–water partition coefficient (Wildman–Crippen LogP) is 3.82. The molecule has 0 fully saturated rings. The van der Waals surface area contributed by atoms with E-state index >= 15 is 0 Å². The standard InChI is InChI=1S/C16H20N2O2S/c1-5-21-13-8-6-12(7-9-13)16(19)15-14(20-4)10-17-18(15)11(2)3/h6-11H,5H2,1-4H3. The van der Waals surface area contributed by atoms with Gasteiger partial charge < -0.3 is 4.74 Å². The number of carbonyl (C=O) groups excluding carboxylic acids is 1. The van der Waals surface area contributed by atoms with Crippen LogP contribution in [0.1, 0.15) is 42.9 Å². The number of aromatic nitrogens is 2. The van der Waals surface area contributed by atoms with Crippen LogP contribution in [0.25, 0.3) is 0 Å². The second-order valence-electron chi connectivity index (χ2n) is 4.89. The monoisotopic (exact) mass is 304 g/mol. The Morgan fingerprint density at radius 2 is 2.00 bits per heavy atom. The van der Waals surface area contributed by atoms with Crippen molar-refractivity contribution in [3.05, 3.63) is 41.7 Å². The molecule has 5 heteroatoms. The maximum atomic E-state index is 12.7. The van der Waals surface area contributed by atoms with Crippen molar-refractivity contribution in [2.45, 2.75) is 31.7 Å². The van der Waals surface area contributed by atoms with E-state index in [2.05, 4.69) is 12.0 Å². The van der Waals surface area contributed by atoms with E-state index in [1.165, 1.54) is 4.90 Å². The Morgan fingerprint density at radius 3 is 2.52 bits per heavy atom. The van der Waals surface area contributed by atoms with Crippen LogP contribution in [0.4, 0.5) is 0 Å². The zero-order valence-corrected chi connectivity index (χ0v) is 13.6. The summed E-state index contributed by atoms with van der Waals surface area (Å²) < 4.78 is 6.98. The van der Waals surface area contributed by atoms with Crippen molar-refractivity contribution < 1.29 is 9.53 Å². The molecule has 1 heterocycles. The lowest BCUT2D eigenvalue weighted by Gasteiger charge is -2.11.